The summed E-state index contributed by atoms with van der Waals surface area (Å²) in [5, 5.41) is 2.57. The van der Waals surface area contributed by atoms with Crippen molar-refractivity contribution in [1.29, 1.82) is 0 Å². The minimum Gasteiger partial charge on any atom is -0.379 e. The minimum atomic E-state index is -3.97. The maximum absolute atomic E-state index is 14.0. The largest absolute Gasteiger partial charge is 0.379 e. The molecule has 7 nitrogen and oxygen atoms in total. The van der Waals surface area contributed by atoms with E-state index in [0.29, 0.717) is 6.42 Å². The molecular formula is C15H23ClFN3O4S. The normalized spacial score (nSPS) is 16.8. The van der Waals surface area contributed by atoms with Crippen molar-refractivity contribution >= 4 is 34.0 Å². The maximum Gasteiger partial charge on any atom is 0.246 e. The summed E-state index contributed by atoms with van der Waals surface area (Å²) in [5.74, 6) is -1.15. The van der Waals surface area contributed by atoms with Gasteiger partial charge in [0.2, 0.25) is 15.9 Å². The van der Waals surface area contributed by atoms with E-state index in [1.54, 1.807) is 6.92 Å². The molecule has 0 bridgehead atoms. The molecule has 0 aromatic heterocycles. The summed E-state index contributed by atoms with van der Waals surface area (Å²) in [5.41, 5.74) is 5.83. The SMILES string of the molecule is CC(N)CCC(=O)Nc1ccc(F)c(S(=O)(=O)N2CCOCC2)c1.Cl. The number of hydrogen-bond acceptors (Lipinski definition) is 5. The van der Waals surface area contributed by atoms with Gasteiger partial charge in [-0.3, -0.25) is 4.79 Å². The van der Waals surface area contributed by atoms with Crippen LogP contribution in [0.25, 0.3) is 0 Å². The first-order valence-electron chi connectivity index (χ1n) is 7.73. The summed E-state index contributed by atoms with van der Waals surface area (Å²) in [6.07, 6.45) is 0.715. The fourth-order valence-corrected chi connectivity index (χ4v) is 3.79. The summed E-state index contributed by atoms with van der Waals surface area (Å²) in [6, 6.07) is 3.40. The summed E-state index contributed by atoms with van der Waals surface area (Å²) < 4.78 is 45.5. The molecule has 1 aromatic carbocycles. The van der Waals surface area contributed by atoms with E-state index in [0.717, 1.165) is 12.1 Å². The maximum atomic E-state index is 14.0. The quantitative estimate of drug-likeness (QED) is 0.756. The van der Waals surface area contributed by atoms with E-state index in [2.05, 4.69) is 5.32 Å². The Balaban J connectivity index is 0.00000312. The lowest BCUT2D eigenvalue weighted by molar-refractivity contribution is -0.116. The molecule has 1 fully saturated rings. The lowest BCUT2D eigenvalue weighted by Crippen LogP contribution is -2.40. The van der Waals surface area contributed by atoms with Gasteiger partial charge in [-0.25, -0.2) is 12.8 Å². The Morgan fingerprint density at radius 2 is 2.04 bits per heavy atom. The molecule has 0 saturated carbocycles. The molecule has 142 valence electrons. The Kier molecular flexibility index (Phi) is 8.23. The zero-order valence-electron chi connectivity index (χ0n) is 13.9. The summed E-state index contributed by atoms with van der Waals surface area (Å²) >= 11 is 0. The molecule has 1 aliphatic rings. The summed E-state index contributed by atoms with van der Waals surface area (Å²) in [4.78, 5) is 11.4. The van der Waals surface area contributed by atoms with Gasteiger partial charge in [0.15, 0.2) is 0 Å². The molecule has 1 saturated heterocycles. The molecule has 1 heterocycles. The highest BCUT2D eigenvalue weighted by Gasteiger charge is 2.29. The number of carbonyl (C=O) groups is 1. The monoisotopic (exact) mass is 395 g/mol. The molecule has 1 unspecified atom stereocenters. The number of nitrogens with two attached hydrogens (primary N) is 1. The second-order valence-corrected chi connectivity index (χ2v) is 7.63. The number of ether oxygens (including phenoxy) is 1. The van der Waals surface area contributed by atoms with Crippen LogP contribution in [0.1, 0.15) is 19.8 Å². The number of rotatable bonds is 6. The van der Waals surface area contributed by atoms with Gasteiger partial charge in [0.05, 0.1) is 13.2 Å². The van der Waals surface area contributed by atoms with Gasteiger partial charge < -0.3 is 15.8 Å². The van der Waals surface area contributed by atoms with Gasteiger partial charge in [0.1, 0.15) is 10.7 Å². The van der Waals surface area contributed by atoms with E-state index >= 15 is 0 Å². The highest BCUT2D eigenvalue weighted by atomic mass is 35.5. The van der Waals surface area contributed by atoms with Gasteiger partial charge in [0, 0.05) is 31.2 Å². The van der Waals surface area contributed by atoms with Gasteiger partial charge in [-0.05, 0) is 31.5 Å². The predicted octanol–water partition coefficient (Wildman–Crippen LogP) is 1.33. The van der Waals surface area contributed by atoms with E-state index in [1.807, 2.05) is 0 Å². The number of amides is 1. The lowest BCUT2D eigenvalue weighted by atomic mass is 10.2. The summed E-state index contributed by atoms with van der Waals surface area (Å²) in [6.45, 7) is 2.68. The third kappa shape index (κ3) is 5.89. The number of nitrogens with zero attached hydrogens (tertiary/aromatic N) is 1. The van der Waals surface area contributed by atoms with Crippen LogP contribution < -0.4 is 11.1 Å². The van der Waals surface area contributed by atoms with E-state index in [4.69, 9.17) is 10.5 Å². The number of carbonyl (C=O) groups excluding carboxylic acids is 1. The third-order valence-electron chi connectivity index (χ3n) is 3.63. The molecule has 0 radical (unpaired) electrons. The molecule has 25 heavy (non-hydrogen) atoms. The van der Waals surface area contributed by atoms with Crippen LogP contribution in [0.4, 0.5) is 10.1 Å². The van der Waals surface area contributed by atoms with Gasteiger partial charge in [-0.2, -0.15) is 4.31 Å². The Morgan fingerprint density at radius 1 is 1.40 bits per heavy atom. The van der Waals surface area contributed by atoms with Crippen molar-refractivity contribution in [1.82, 2.24) is 4.31 Å². The topological polar surface area (TPSA) is 102 Å². The van der Waals surface area contributed by atoms with Crippen molar-refractivity contribution in [2.45, 2.75) is 30.7 Å². The molecule has 1 amide bonds. The van der Waals surface area contributed by atoms with Gasteiger partial charge >= 0.3 is 0 Å². The van der Waals surface area contributed by atoms with Crippen molar-refractivity contribution in [2.24, 2.45) is 5.73 Å². The number of sulfonamides is 1. The Bertz CT molecular complexity index is 694. The fourth-order valence-electron chi connectivity index (χ4n) is 2.29. The van der Waals surface area contributed by atoms with E-state index in [9.17, 15) is 17.6 Å². The second-order valence-electron chi connectivity index (χ2n) is 5.73. The zero-order chi connectivity index (χ0) is 17.7. The summed E-state index contributed by atoms with van der Waals surface area (Å²) in [7, 11) is -3.97. The predicted molar refractivity (Wildman–Crippen MR) is 94.7 cm³/mol. The number of nitrogens with one attached hydrogen (secondary N) is 1. The van der Waals surface area contributed by atoms with Crippen LogP contribution in [0.15, 0.2) is 23.1 Å². The van der Waals surface area contributed by atoms with Crippen molar-refractivity contribution in [3.8, 4) is 0 Å². The van der Waals surface area contributed by atoms with Crippen LogP contribution in [0.3, 0.4) is 0 Å². The molecule has 1 aromatic rings. The number of benzene rings is 1. The zero-order valence-corrected chi connectivity index (χ0v) is 15.5. The minimum absolute atomic E-state index is 0. The number of hydrogen-bond donors (Lipinski definition) is 2. The van der Waals surface area contributed by atoms with Crippen LogP contribution in [-0.4, -0.2) is 51.0 Å². The average Bonchev–Trinajstić information content (AvgIpc) is 2.55. The van der Waals surface area contributed by atoms with Crippen LogP contribution in [0.5, 0.6) is 0 Å². The molecule has 1 aliphatic heterocycles. The van der Waals surface area contributed by atoms with Crippen molar-refractivity contribution in [2.75, 3.05) is 31.6 Å². The Hall–Kier alpha value is -1.26. The van der Waals surface area contributed by atoms with E-state index in [-0.39, 0.29) is 62.8 Å². The highest BCUT2D eigenvalue weighted by Crippen LogP contribution is 2.24. The Morgan fingerprint density at radius 3 is 2.64 bits per heavy atom. The molecule has 1 atom stereocenters. The van der Waals surface area contributed by atoms with Crippen LogP contribution in [0.2, 0.25) is 0 Å². The van der Waals surface area contributed by atoms with Crippen molar-refractivity contribution in [3.63, 3.8) is 0 Å². The fraction of sp³-hybridized carbons (Fsp3) is 0.533. The van der Waals surface area contributed by atoms with E-state index < -0.39 is 20.7 Å². The lowest BCUT2D eigenvalue weighted by Gasteiger charge is -2.26. The molecule has 10 heteroatoms. The Labute approximate surface area is 153 Å². The van der Waals surface area contributed by atoms with Crippen molar-refractivity contribution < 1.29 is 22.3 Å². The first-order valence-corrected chi connectivity index (χ1v) is 9.17. The average molecular weight is 396 g/mol. The third-order valence-corrected chi connectivity index (χ3v) is 5.54. The highest BCUT2D eigenvalue weighted by molar-refractivity contribution is 7.89. The number of anilines is 1. The van der Waals surface area contributed by atoms with Crippen LogP contribution >= 0.6 is 12.4 Å². The molecule has 0 aliphatic carbocycles. The molecule has 3 N–H and O–H groups in total. The molecular weight excluding hydrogens is 373 g/mol. The number of morpholine rings is 1. The second kappa shape index (κ2) is 9.44. The van der Waals surface area contributed by atoms with Crippen molar-refractivity contribution in [3.05, 3.63) is 24.0 Å². The smallest absolute Gasteiger partial charge is 0.246 e. The van der Waals surface area contributed by atoms with Gasteiger partial charge in [0.25, 0.3) is 0 Å². The van der Waals surface area contributed by atoms with E-state index in [1.165, 1.54) is 10.4 Å². The van der Waals surface area contributed by atoms with Crippen LogP contribution in [0, 0.1) is 5.82 Å². The van der Waals surface area contributed by atoms with Gasteiger partial charge in [-0.15, -0.1) is 12.4 Å². The molecule has 2 rings (SSSR count). The first-order chi connectivity index (χ1) is 11.3. The van der Waals surface area contributed by atoms with Gasteiger partial charge in [-0.1, -0.05) is 0 Å². The van der Waals surface area contributed by atoms with Crippen LogP contribution in [-0.2, 0) is 19.6 Å². The number of halogens is 2. The molecule has 0 spiro atoms. The first kappa shape index (κ1) is 21.8. The standard InChI is InChI=1S/C15H22FN3O4S.ClH/c1-11(17)2-5-15(20)18-12-3-4-13(16)14(10-12)24(21,22)19-6-8-23-9-7-19;/h3-4,10-11H,2,5-9,17H2,1H3,(H,18,20);1H.